The maximum absolute atomic E-state index is 5.73. The van der Waals surface area contributed by atoms with Crippen LogP contribution in [0.25, 0.3) is 0 Å². The van der Waals surface area contributed by atoms with E-state index in [-0.39, 0.29) is 4.83 Å². The van der Waals surface area contributed by atoms with E-state index in [0.717, 1.165) is 15.8 Å². The number of rotatable bonds is 4. The predicted octanol–water partition coefficient (Wildman–Crippen LogP) is 6.01. The second-order valence-corrected chi connectivity index (χ2v) is 7.48. The number of aryl methyl sites for hydroxylation is 2. The van der Waals surface area contributed by atoms with E-state index in [1.807, 2.05) is 30.4 Å². The zero-order chi connectivity index (χ0) is 14.0. The fourth-order valence-corrected chi connectivity index (χ4v) is 4.07. The summed E-state index contributed by atoms with van der Waals surface area (Å²) in [7, 11) is 0. The largest absolute Gasteiger partial charge is 0.494 e. The van der Waals surface area contributed by atoms with E-state index in [2.05, 4.69) is 57.8 Å². The van der Waals surface area contributed by atoms with Crippen LogP contribution in [-0.4, -0.2) is 6.61 Å². The zero-order valence-corrected chi connectivity index (χ0v) is 15.2. The van der Waals surface area contributed by atoms with Gasteiger partial charge in [0.15, 0.2) is 0 Å². The summed E-state index contributed by atoms with van der Waals surface area (Å²) in [5.41, 5.74) is 2.51. The Morgan fingerprint density at radius 3 is 2.58 bits per heavy atom. The smallest absolute Gasteiger partial charge is 0.124 e. The predicted molar refractivity (Wildman–Crippen MR) is 89.9 cm³/mol. The van der Waals surface area contributed by atoms with Gasteiger partial charge in [-0.05, 0) is 50.6 Å². The molecule has 0 aliphatic heterocycles. The molecular weight excluding hydrogens is 388 g/mol. The van der Waals surface area contributed by atoms with Gasteiger partial charge in [0.25, 0.3) is 0 Å². The van der Waals surface area contributed by atoms with E-state index in [9.17, 15) is 0 Å². The molecule has 1 unspecified atom stereocenters. The van der Waals surface area contributed by atoms with Crippen molar-refractivity contribution in [2.45, 2.75) is 25.6 Å². The lowest BCUT2D eigenvalue weighted by molar-refractivity contribution is 0.337. The van der Waals surface area contributed by atoms with E-state index in [0.29, 0.717) is 6.61 Å². The highest BCUT2D eigenvalue weighted by Crippen LogP contribution is 2.41. The molecule has 102 valence electrons. The number of alkyl halides is 1. The maximum atomic E-state index is 5.73. The second-order valence-electron chi connectivity index (χ2n) is 4.37. The third-order valence-corrected chi connectivity index (χ3v) is 5.98. The highest BCUT2D eigenvalue weighted by Gasteiger charge is 2.18. The maximum Gasteiger partial charge on any atom is 0.124 e. The van der Waals surface area contributed by atoms with Crippen LogP contribution in [0.15, 0.2) is 28.7 Å². The molecule has 1 aromatic carbocycles. The third kappa shape index (κ3) is 3.41. The summed E-state index contributed by atoms with van der Waals surface area (Å²) in [6.45, 7) is 7.00. The van der Waals surface area contributed by atoms with Crippen molar-refractivity contribution in [3.63, 3.8) is 0 Å². The van der Waals surface area contributed by atoms with Gasteiger partial charge in [-0.2, -0.15) is 0 Å². The first kappa shape index (κ1) is 15.1. The quantitative estimate of drug-likeness (QED) is 0.568. The Kier molecular flexibility index (Phi) is 5.09. The molecule has 1 atom stereocenters. The minimum absolute atomic E-state index is 0.170. The van der Waals surface area contributed by atoms with Crippen LogP contribution < -0.4 is 4.74 Å². The van der Waals surface area contributed by atoms with Crippen LogP contribution in [-0.2, 0) is 0 Å². The number of hydrogen-bond acceptors (Lipinski definition) is 2. The average Bonchev–Trinajstić information content (AvgIpc) is 2.71. The summed E-state index contributed by atoms with van der Waals surface area (Å²) in [4.78, 5) is 2.85. The van der Waals surface area contributed by atoms with Crippen molar-refractivity contribution in [1.82, 2.24) is 0 Å². The molecule has 0 spiro atoms. The van der Waals surface area contributed by atoms with E-state index in [1.54, 1.807) is 0 Å². The molecule has 0 amide bonds. The molecule has 2 aromatic rings. The highest BCUT2D eigenvalue weighted by molar-refractivity contribution is 9.10. The van der Waals surface area contributed by atoms with Crippen molar-refractivity contribution in [3.8, 4) is 5.75 Å². The number of thiophene rings is 1. The summed E-state index contributed by atoms with van der Waals surface area (Å²) < 4.78 is 6.80. The molecule has 0 aliphatic carbocycles. The van der Waals surface area contributed by atoms with Crippen molar-refractivity contribution in [1.29, 1.82) is 0 Å². The van der Waals surface area contributed by atoms with Gasteiger partial charge in [-0.1, -0.05) is 31.9 Å². The molecule has 19 heavy (non-hydrogen) atoms. The van der Waals surface area contributed by atoms with Crippen LogP contribution in [0.1, 0.15) is 32.6 Å². The zero-order valence-electron chi connectivity index (χ0n) is 11.2. The van der Waals surface area contributed by atoms with Gasteiger partial charge in [0.2, 0.25) is 0 Å². The molecule has 4 heteroatoms. The van der Waals surface area contributed by atoms with Gasteiger partial charge in [0.05, 0.1) is 11.4 Å². The van der Waals surface area contributed by atoms with E-state index in [4.69, 9.17) is 4.74 Å². The lowest BCUT2D eigenvalue weighted by atomic mass is 10.1. The lowest BCUT2D eigenvalue weighted by Crippen LogP contribution is -1.99. The summed E-state index contributed by atoms with van der Waals surface area (Å²) >= 11 is 9.17. The number of ether oxygens (including phenoxy) is 1. The SMILES string of the molecule is CCOc1ccc(Br)cc1C(Br)c1cc(C)c(C)s1. The molecule has 1 nitrogen and oxygen atoms in total. The summed E-state index contributed by atoms with van der Waals surface area (Å²) in [6.07, 6.45) is 0. The van der Waals surface area contributed by atoms with Crippen LogP contribution in [0.4, 0.5) is 0 Å². The molecule has 0 bridgehead atoms. The second kappa shape index (κ2) is 6.42. The first-order valence-electron chi connectivity index (χ1n) is 6.16. The fourth-order valence-electron chi connectivity index (χ4n) is 1.88. The normalized spacial score (nSPS) is 12.5. The highest BCUT2D eigenvalue weighted by atomic mass is 79.9. The summed E-state index contributed by atoms with van der Waals surface area (Å²) in [6, 6.07) is 8.40. The average molecular weight is 404 g/mol. The Balaban J connectivity index is 2.41. The molecule has 0 saturated carbocycles. The van der Waals surface area contributed by atoms with Gasteiger partial charge in [-0.3, -0.25) is 0 Å². The van der Waals surface area contributed by atoms with Crippen LogP contribution in [0.3, 0.4) is 0 Å². The van der Waals surface area contributed by atoms with Crippen LogP contribution in [0.2, 0.25) is 0 Å². The van der Waals surface area contributed by atoms with Crippen LogP contribution in [0, 0.1) is 13.8 Å². The fraction of sp³-hybridized carbons (Fsp3) is 0.333. The van der Waals surface area contributed by atoms with Gasteiger partial charge in [0.1, 0.15) is 5.75 Å². The van der Waals surface area contributed by atoms with Crippen molar-refractivity contribution in [3.05, 3.63) is 49.6 Å². The van der Waals surface area contributed by atoms with Crippen molar-refractivity contribution in [2.75, 3.05) is 6.61 Å². The molecule has 0 N–H and O–H groups in total. The molecule has 0 aliphatic rings. The van der Waals surface area contributed by atoms with E-state index >= 15 is 0 Å². The Morgan fingerprint density at radius 2 is 2.00 bits per heavy atom. The standard InChI is InChI=1S/C15H16Br2OS/c1-4-18-13-6-5-11(16)8-12(13)15(17)14-7-9(2)10(3)19-14/h5-8,15H,4H2,1-3H3. The third-order valence-electron chi connectivity index (χ3n) is 2.98. The van der Waals surface area contributed by atoms with Crippen LogP contribution >= 0.6 is 43.2 Å². The number of halogens is 2. The Labute approximate surface area is 135 Å². The molecular formula is C15H16Br2OS. The van der Waals surface area contributed by atoms with E-state index in [1.165, 1.54) is 15.3 Å². The Morgan fingerprint density at radius 1 is 1.26 bits per heavy atom. The Bertz CT molecular complexity index is 558. The van der Waals surface area contributed by atoms with E-state index < -0.39 is 0 Å². The number of benzene rings is 1. The number of hydrogen-bond donors (Lipinski definition) is 0. The van der Waals surface area contributed by atoms with Gasteiger partial charge in [0, 0.05) is 19.8 Å². The Hall–Kier alpha value is -0.320. The minimum Gasteiger partial charge on any atom is -0.494 e. The molecule has 1 aromatic heterocycles. The van der Waals surface area contributed by atoms with Gasteiger partial charge >= 0.3 is 0 Å². The molecule has 2 rings (SSSR count). The molecule has 0 fully saturated rings. The topological polar surface area (TPSA) is 9.23 Å². The monoisotopic (exact) mass is 402 g/mol. The van der Waals surface area contributed by atoms with Crippen LogP contribution in [0.5, 0.6) is 5.75 Å². The first-order chi connectivity index (χ1) is 9.02. The summed E-state index contributed by atoms with van der Waals surface area (Å²) in [5.74, 6) is 0.941. The first-order valence-corrected chi connectivity index (χ1v) is 8.68. The van der Waals surface area contributed by atoms with Gasteiger partial charge in [-0.15, -0.1) is 11.3 Å². The molecule has 0 radical (unpaired) electrons. The lowest BCUT2D eigenvalue weighted by Gasteiger charge is -2.14. The van der Waals surface area contributed by atoms with Crippen molar-refractivity contribution >= 4 is 43.2 Å². The van der Waals surface area contributed by atoms with Gasteiger partial charge < -0.3 is 4.74 Å². The van der Waals surface area contributed by atoms with Crippen molar-refractivity contribution < 1.29 is 4.74 Å². The van der Waals surface area contributed by atoms with Crippen molar-refractivity contribution in [2.24, 2.45) is 0 Å². The molecule has 0 saturated heterocycles. The molecule has 1 heterocycles. The summed E-state index contributed by atoms with van der Waals surface area (Å²) in [5, 5.41) is 0. The minimum atomic E-state index is 0.170. The van der Waals surface area contributed by atoms with Gasteiger partial charge in [-0.25, -0.2) is 0 Å².